The normalized spacial score (nSPS) is 20.5. The fraction of sp³-hybridized carbons (Fsp3) is 0.667. The number of nitrogens with zero attached hydrogens (tertiary/aromatic N) is 1. The summed E-state index contributed by atoms with van der Waals surface area (Å²) in [5.41, 5.74) is 4.44. The molecule has 0 saturated carbocycles. The molecule has 2 rings (SSSR count). The van der Waals surface area contributed by atoms with E-state index in [1.807, 2.05) is 0 Å². The average molecular weight is 232 g/mol. The second kappa shape index (κ2) is 5.18. The van der Waals surface area contributed by atoms with Crippen molar-refractivity contribution in [2.24, 2.45) is 5.92 Å². The van der Waals surface area contributed by atoms with Gasteiger partial charge in [-0.2, -0.15) is 0 Å². The third-order valence-electron chi connectivity index (χ3n) is 3.85. The van der Waals surface area contributed by atoms with E-state index in [-0.39, 0.29) is 0 Å². The van der Waals surface area contributed by atoms with Gasteiger partial charge >= 0.3 is 0 Å². The van der Waals surface area contributed by atoms with Crippen LogP contribution in [0.2, 0.25) is 0 Å². The van der Waals surface area contributed by atoms with Crippen LogP contribution < -0.4 is 5.32 Å². The Morgan fingerprint density at radius 1 is 1.24 bits per heavy atom. The van der Waals surface area contributed by atoms with Crippen molar-refractivity contribution in [3.05, 3.63) is 29.1 Å². The quantitative estimate of drug-likeness (QED) is 0.845. The highest BCUT2D eigenvalue weighted by atomic mass is 14.9. The lowest BCUT2D eigenvalue weighted by Gasteiger charge is -2.25. The summed E-state index contributed by atoms with van der Waals surface area (Å²) >= 11 is 0. The van der Waals surface area contributed by atoms with Gasteiger partial charge in [0.1, 0.15) is 0 Å². The van der Waals surface area contributed by atoms with Crippen LogP contribution in [-0.2, 0) is 6.54 Å². The molecule has 0 fully saturated rings. The van der Waals surface area contributed by atoms with Crippen molar-refractivity contribution < 1.29 is 0 Å². The zero-order valence-corrected chi connectivity index (χ0v) is 11.5. The first-order valence-electron chi connectivity index (χ1n) is 6.78. The van der Waals surface area contributed by atoms with Crippen molar-refractivity contribution in [3.8, 4) is 0 Å². The van der Waals surface area contributed by atoms with E-state index in [0.29, 0.717) is 17.8 Å². The summed E-state index contributed by atoms with van der Waals surface area (Å²) in [6.07, 6.45) is 5.37. The average Bonchev–Trinajstić information content (AvgIpc) is 2.50. The molecular formula is C15H24N2. The number of pyridine rings is 1. The molecule has 1 aromatic rings. The first-order valence-corrected chi connectivity index (χ1v) is 6.78. The zero-order chi connectivity index (χ0) is 12.4. The van der Waals surface area contributed by atoms with Crippen LogP contribution in [0.5, 0.6) is 0 Å². The van der Waals surface area contributed by atoms with Gasteiger partial charge in [0.25, 0.3) is 0 Å². The van der Waals surface area contributed by atoms with Crippen molar-refractivity contribution in [3.63, 3.8) is 0 Å². The maximum atomic E-state index is 4.41. The van der Waals surface area contributed by atoms with Gasteiger partial charge in [0.15, 0.2) is 0 Å². The number of fused-ring (bicyclic) bond motifs is 1. The molecule has 0 spiro atoms. The molecule has 0 saturated heterocycles. The van der Waals surface area contributed by atoms with Crippen molar-refractivity contribution in [2.45, 2.75) is 52.5 Å². The number of nitrogens with one attached hydrogen (secondary N) is 1. The van der Waals surface area contributed by atoms with Crippen LogP contribution in [0.25, 0.3) is 0 Å². The maximum absolute atomic E-state index is 4.41. The lowest BCUT2D eigenvalue weighted by molar-refractivity contribution is 0.463. The summed E-state index contributed by atoms with van der Waals surface area (Å²) in [5.74, 6) is 1.95. The summed E-state index contributed by atoms with van der Waals surface area (Å²) in [5, 5.41) is 3.51. The van der Waals surface area contributed by atoms with E-state index in [1.54, 1.807) is 5.56 Å². The van der Waals surface area contributed by atoms with Gasteiger partial charge in [-0.15, -0.1) is 0 Å². The van der Waals surface area contributed by atoms with Gasteiger partial charge < -0.3 is 5.32 Å². The fourth-order valence-corrected chi connectivity index (χ4v) is 2.88. The highest BCUT2D eigenvalue weighted by Gasteiger charge is 2.25. The molecule has 94 valence electrons. The van der Waals surface area contributed by atoms with Crippen LogP contribution in [0.1, 0.15) is 62.6 Å². The molecule has 1 aliphatic heterocycles. The third kappa shape index (κ3) is 2.52. The Bertz CT molecular complexity index is 383. The monoisotopic (exact) mass is 232 g/mol. The number of hydrogen-bond donors (Lipinski definition) is 1. The minimum Gasteiger partial charge on any atom is -0.313 e. The Morgan fingerprint density at radius 2 is 2.00 bits per heavy atom. The minimum absolute atomic E-state index is 0.566. The molecule has 0 amide bonds. The maximum Gasteiger partial charge on any atom is 0.0315 e. The molecule has 0 radical (unpaired) electrons. The molecule has 1 N–H and O–H groups in total. The van der Waals surface area contributed by atoms with E-state index in [1.165, 1.54) is 17.5 Å². The summed E-state index contributed by atoms with van der Waals surface area (Å²) in [4.78, 5) is 4.41. The van der Waals surface area contributed by atoms with E-state index in [4.69, 9.17) is 0 Å². The summed E-state index contributed by atoms with van der Waals surface area (Å²) in [6.45, 7) is 11.3. The van der Waals surface area contributed by atoms with Crippen LogP contribution >= 0.6 is 0 Å². The Hall–Kier alpha value is -0.890. The number of aromatic nitrogens is 1. The standard InChI is InChI=1S/C15H24N2/c1-10(2)13-5-6-16-7-12-8-17-9-14(11(3)4)15(12)13/h8-11,13,16H,5-7H2,1-4H3. The first-order chi connectivity index (χ1) is 8.11. The van der Waals surface area contributed by atoms with Gasteiger partial charge in [-0.05, 0) is 47.4 Å². The third-order valence-corrected chi connectivity index (χ3v) is 3.85. The first kappa shape index (κ1) is 12.6. The van der Waals surface area contributed by atoms with Crippen LogP contribution in [0.4, 0.5) is 0 Å². The van der Waals surface area contributed by atoms with Crippen molar-refractivity contribution in [1.82, 2.24) is 10.3 Å². The molecule has 1 atom stereocenters. The molecule has 17 heavy (non-hydrogen) atoms. The molecule has 2 heteroatoms. The predicted molar refractivity (Wildman–Crippen MR) is 72.2 cm³/mol. The number of rotatable bonds is 2. The lowest BCUT2D eigenvalue weighted by atomic mass is 9.80. The van der Waals surface area contributed by atoms with Crippen molar-refractivity contribution in [1.29, 1.82) is 0 Å². The SMILES string of the molecule is CC(C)c1cncc2c1C(C(C)C)CCNC2. The van der Waals surface area contributed by atoms with E-state index < -0.39 is 0 Å². The van der Waals surface area contributed by atoms with Crippen LogP contribution in [0, 0.1) is 5.92 Å². The predicted octanol–water partition coefficient (Wildman–Crippen LogP) is 3.44. The largest absolute Gasteiger partial charge is 0.313 e. The van der Waals surface area contributed by atoms with Gasteiger partial charge in [0, 0.05) is 18.9 Å². The Morgan fingerprint density at radius 3 is 2.65 bits per heavy atom. The van der Waals surface area contributed by atoms with E-state index in [2.05, 4.69) is 50.4 Å². The fourth-order valence-electron chi connectivity index (χ4n) is 2.88. The smallest absolute Gasteiger partial charge is 0.0315 e. The highest BCUT2D eigenvalue weighted by molar-refractivity contribution is 5.38. The molecule has 1 unspecified atom stereocenters. The topological polar surface area (TPSA) is 24.9 Å². The Balaban J connectivity index is 2.52. The zero-order valence-electron chi connectivity index (χ0n) is 11.5. The number of hydrogen-bond acceptors (Lipinski definition) is 2. The van der Waals surface area contributed by atoms with Crippen LogP contribution in [-0.4, -0.2) is 11.5 Å². The highest BCUT2D eigenvalue weighted by Crippen LogP contribution is 2.36. The van der Waals surface area contributed by atoms with Crippen molar-refractivity contribution in [2.75, 3.05) is 6.54 Å². The molecular weight excluding hydrogens is 208 g/mol. The van der Waals surface area contributed by atoms with E-state index in [0.717, 1.165) is 13.1 Å². The Labute approximate surface area is 105 Å². The molecule has 0 aromatic carbocycles. The molecule has 1 aliphatic rings. The van der Waals surface area contributed by atoms with Gasteiger partial charge in [-0.1, -0.05) is 27.7 Å². The minimum atomic E-state index is 0.566. The molecule has 2 nitrogen and oxygen atoms in total. The summed E-state index contributed by atoms with van der Waals surface area (Å²) in [7, 11) is 0. The van der Waals surface area contributed by atoms with Crippen molar-refractivity contribution >= 4 is 0 Å². The molecule has 2 heterocycles. The van der Waals surface area contributed by atoms with Crippen LogP contribution in [0.3, 0.4) is 0 Å². The van der Waals surface area contributed by atoms with Gasteiger partial charge in [-0.25, -0.2) is 0 Å². The molecule has 0 aliphatic carbocycles. The molecule has 1 aromatic heterocycles. The summed E-state index contributed by atoms with van der Waals surface area (Å²) in [6, 6.07) is 0. The van der Waals surface area contributed by atoms with Gasteiger partial charge in [0.2, 0.25) is 0 Å². The van der Waals surface area contributed by atoms with Gasteiger partial charge in [0.05, 0.1) is 0 Å². The van der Waals surface area contributed by atoms with E-state index in [9.17, 15) is 0 Å². The van der Waals surface area contributed by atoms with Crippen LogP contribution in [0.15, 0.2) is 12.4 Å². The Kier molecular flexibility index (Phi) is 3.82. The second-order valence-electron chi connectivity index (χ2n) is 5.77. The van der Waals surface area contributed by atoms with E-state index >= 15 is 0 Å². The second-order valence-corrected chi connectivity index (χ2v) is 5.77. The van der Waals surface area contributed by atoms with Gasteiger partial charge in [-0.3, -0.25) is 4.98 Å². The summed E-state index contributed by atoms with van der Waals surface area (Å²) < 4.78 is 0. The lowest BCUT2D eigenvalue weighted by Crippen LogP contribution is -2.14. The molecule has 0 bridgehead atoms.